The van der Waals surface area contributed by atoms with Crippen LogP contribution in [0.25, 0.3) is 0 Å². The number of anilines is 1. The van der Waals surface area contributed by atoms with Crippen molar-refractivity contribution in [1.82, 2.24) is 20.3 Å². The Bertz CT molecular complexity index is 1390. The number of guanidine groups is 1. The van der Waals surface area contributed by atoms with E-state index in [2.05, 4.69) is 26.3 Å². The third kappa shape index (κ3) is 8.23. The van der Waals surface area contributed by atoms with Crippen LogP contribution in [-0.4, -0.2) is 84.4 Å². The van der Waals surface area contributed by atoms with Gasteiger partial charge in [0.15, 0.2) is 5.96 Å². The first-order valence-electron chi connectivity index (χ1n) is 13.8. The molecule has 2 heterocycles. The molecule has 3 atom stereocenters. The van der Waals surface area contributed by atoms with Gasteiger partial charge in [-0.1, -0.05) is 30.3 Å². The summed E-state index contributed by atoms with van der Waals surface area (Å²) in [4.78, 5) is 41.9. The molecule has 0 aromatic heterocycles. The van der Waals surface area contributed by atoms with Gasteiger partial charge < -0.3 is 26.4 Å². The fourth-order valence-electron chi connectivity index (χ4n) is 4.68. The van der Waals surface area contributed by atoms with Crippen LogP contribution in [0.1, 0.15) is 31.7 Å². The molecule has 2 aromatic rings. The van der Waals surface area contributed by atoms with Crippen LogP contribution in [-0.2, 0) is 30.8 Å². The third-order valence-corrected chi connectivity index (χ3v) is 10.2. The number of carboxylic acid groups (broad SMARTS) is 1. The highest BCUT2D eigenvalue weighted by molar-refractivity contribution is 8.01. The van der Waals surface area contributed by atoms with E-state index in [1.165, 1.54) is 23.9 Å². The molecule has 0 saturated carbocycles. The van der Waals surface area contributed by atoms with Crippen molar-refractivity contribution in [2.24, 2.45) is 4.99 Å². The first-order valence-corrected chi connectivity index (χ1v) is 16.3. The average Bonchev–Trinajstić information content (AvgIpc) is 3.64. The highest BCUT2D eigenvalue weighted by atomic mass is 32.2. The number of carboxylic acids is 1. The lowest BCUT2D eigenvalue weighted by molar-refractivity contribution is -0.142. The number of hydrogen-bond donors (Lipinski definition) is 5. The maximum absolute atomic E-state index is 13.3. The Kier molecular flexibility index (Phi) is 10.8. The van der Waals surface area contributed by atoms with Gasteiger partial charge in [-0.15, -0.1) is 11.8 Å². The maximum Gasteiger partial charge on any atom is 0.326 e. The number of carbonyl (C=O) groups excluding carboxylic acids is 2. The average molecular weight is 617 g/mol. The zero-order chi connectivity index (χ0) is 30.1. The summed E-state index contributed by atoms with van der Waals surface area (Å²) in [5.41, 5.74) is 1.22. The predicted molar refractivity (Wildman–Crippen MR) is 162 cm³/mol. The van der Waals surface area contributed by atoms with Crippen LogP contribution in [0.5, 0.6) is 0 Å². The zero-order valence-corrected chi connectivity index (χ0v) is 24.9. The Morgan fingerprint density at radius 1 is 1.12 bits per heavy atom. The molecule has 2 aliphatic heterocycles. The summed E-state index contributed by atoms with van der Waals surface area (Å²) in [6.45, 7) is 4.05. The maximum atomic E-state index is 13.3. The molecule has 14 heteroatoms. The van der Waals surface area contributed by atoms with Crippen LogP contribution in [0, 0.1) is 0 Å². The number of aliphatic carboxylic acids is 1. The molecule has 2 aromatic carbocycles. The summed E-state index contributed by atoms with van der Waals surface area (Å²) in [6, 6.07) is 12.3. The first-order chi connectivity index (χ1) is 20.1. The second-order valence-electron chi connectivity index (χ2n) is 9.99. The first kappa shape index (κ1) is 31.3. The molecular weight excluding hydrogens is 580 g/mol. The molecule has 12 nitrogen and oxygen atoms in total. The lowest BCUT2D eigenvalue weighted by Crippen LogP contribution is -2.53. The minimum Gasteiger partial charge on any atom is -0.480 e. The van der Waals surface area contributed by atoms with E-state index in [-0.39, 0.29) is 23.0 Å². The molecule has 1 fully saturated rings. The molecule has 4 rings (SSSR count). The van der Waals surface area contributed by atoms with Crippen LogP contribution in [0.3, 0.4) is 0 Å². The number of nitrogens with zero attached hydrogens (tertiary/aromatic N) is 2. The summed E-state index contributed by atoms with van der Waals surface area (Å²) < 4.78 is 27.7. The summed E-state index contributed by atoms with van der Waals surface area (Å²) in [6.07, 6.45) is 1.89. The number of carbonyl (C=O) groups is 3. The fourth-order valence-corrected chi connectivity index (χ4v) is 8.01. The minimum atomic E-state index is -3.97. The van der Waals surface area contributed by atoms with E-state index in [0.717, 1.165) is 36.3 Å². The number of hydrogen-bond acceptors (Lipinski definition) is 9. The Hall–Kier alpha value is -3.62. The van der Waals surface area contributed by atoms with Gasteiger partial charge in [0.2, 0.25) is 21.8 Å². The normalized spacial score (nSPS) is 19.4. The summed E-state index contributed by atoms with van der Waals surface area (Å²) >= 11 is 1.31. The van der Waals surface area contributed by atoms with E-state index in [4.69, 9.17) is 0 Å². The van der Waals surface area contributed by atoms with Gasteiger partial charge in [0.1, 0.15) is 12.1 Å². The molecule has 0 aliphatic carbocycles. The Morgan fingerprint density at radius 2 is 1.86 bits per heavy atom. The number of sulfonamides is 1. The molecule has 2 aliphatic rings. The SMILES string of the molecule is CC1SC[C@@H](C(=O)N[C@@H](Cc2ccc(NC(=O)CCCCNC3=NCCN3)cc2)C(=O)O)N1S(=O)(=O)c1ccccc1. The summed E-state index contributed by atoms with van der Waals surface area (Å²) in [7, 11) is -3.97. The number of rotatable bonds is 13. The van der Waals surface area contributed by atoms with E-state index >= 15 is 0 Å². The molecule has 0 bridgehead atoms. The summed E-state index contributed by atoms with van der Waals surface area (Å²) in [5, 5.41) is 21.0. The van der Waals surface area contributed by atoms with E-state index in [1.54, 1.807) is 49.4 Å². The molecule has 2 amide bonds. The topological polar surface area (TPSA) is 169 Å². The Balaban J connectivity index is 1.29. The number of aliphatic imine (C=N–C) groups is 1. The van der Waals surface area contributed by atoms with Crippen molar-refractivity contribution in [3.8, 4) is 0 Å². The van der Waals surface area contributed by atoms with Crippen LogP contribution in [0.15, 0.2) is 64.5 Å². The van der Waals surface area contributed by atoms with Crippen molar-refractivity contribution in [2.75, 3.05) is 30.7 Å². The largest absolute Gasteiger partial charge is 0.480 e. The standard InChI is InChI=1S/C28H36N6O6S2/c1-19-34(42(39,40)22-7-3-2-4-8-22)24(18-41-19)26(36)33-23(27(37)38)17-20-10-12-21(13-11-20)32-25(35)9-5-6-14-29-28-30-15-16-31-28/h2-4,7-8,10-13,19,23-24H,5-6,9,14-18H2,1H3,(H,32,35)(H,33,36)(H,37,38)(H2,29,30,31)/t19?,23-,24-/m0/s1. The van der Waals surface area contributed by atoms with Crippen molar-refractivity contribution < 1.29 is 27.9 Å². The van der Waals surface area contributed by atoms with Crippen molar-refractivity contribution in [3.05, 3.63) is 60.2 Å². The molecule has 1 unspecified atom stereocenters. The zero-order valence-electron chi connectivity index (χ0n) is 23.3. The predicted octanol–water partition coefficient (Wildman–Crippen LogP) is 1.61. The highest BCUT2D eigenvalue weighted by Gasteiger charge is 2.45. The van der Waals surface area contributed by atoms with Crippen LogP contribution < -0.4 is 21.3 Å². The monoisotopic (exact) mass is 616 g/mol. The minimum absolute atomic E-state index is 0.0106. The van der Waals surface area contributed by atoms with Gasteiger partial charge in [-0.2, -0.15) is 4.31 Å². The number of amides is 2. The smallest absolute Gasteiger partial charge is 0.326 e. The van der Waals surface area contributed by atoms with Crippen molar-refractivity contribution in [1.29, 1.82) is 0 Å². The molecule has 0 spiro atoms. The Morgan fingerprint density at radius 3 is 2.52 bits per heavy atom. The molecular formula is C28H36N6O6S2. The van der Waals surface area contributed by atoms with Crippen LogP contribution >= 0.6 is 11.8 Å². The summed E-state index contributed by atoms with van der Waals surface area (Å²) in [5.74, 6) is -1.00. The van der Waals surface area contributed by atoms with Crippen molar-refractivity contribution in [2.45, 2.75) is 55.0 Å². The van der Waals surface area contributed by atoms with E-state index < -0.39 is 39.4 Å². The molecule has 5 N–H and O–H groups in total. The fraction of sp³-hybridized carbons (Fsp3) is 0.429. The Labute approximate surface area is 249 Å². The lowest BCUT2D eigenvalue weighted by Gasteiger charge is -2.27. The van der Waals surface area contributed by atoms with Gasteiger partial charge in [-0.25, -0.2) is 13.2 Å². The van der Waals surface area contributed by atoms with E-state index in [0.29, 0.717) is 24.1 Å². The number of unbranched alkanes of at least 4 members (excludes halogenated alkanes) is 1. The van der Waals surface area contributed by atoms with Gasteiger partial charge >= 0.3 is 5.97 Å². The molecule has 0 radical (unpaired) electrons. The van der Waals surface area contributed by atoms with E-state index in [9.17, 15) is 27.9 Å². The van der Waals surface area contributed by atoms with Gasteiger partial charge in [0, 0.05) is 37.4 Å². The highest BCUT2D eigenvalue weighted by Crippen LogP contribution is 2.34. The van der Waals surface area contributed by atoms with E-state index in [1.807, 2.05) is 0 Å². The third-order valence-electron chi connectivity index (χ3n) is 6.87. The second kappa shape index (κ2) is 14.5. The van der Waals surface area contributed by atoms with Crippen LogP contribution in [0.4, 0.5) is 5.69 Å². The number of thioether (sulfide) groups is 1. The van der Waals surface area contributed by atoms with Crippen molar-refractivity contribution in [3.63, 3.8) is 0 Å². The van der Waals surface area contributed by atoms with Gasteiger partial charge in [0.25, 0.3) is 0 Å². The lowest BCUT2D eigenvalue weighted by atomic mass is 10.0. The molecule has 42 heavy (non-hydrogen) atoms. The molecule has 1 saturated heterocycles. The van der Waals surface area contributed by atoms with Crippen LogP contribution in [0.2, 0.25) is 0 Å². The second-order valence-corrected chi connectivity index (χ2v) is 13.2. The van der Waals surface area contributed by atoms with Gasteiger partial charge in [-0.05, 0) is 49.6 Å². The van der Waals surface area contributed by atoms with Gasteiger partial charge in [0.05, 0.1) is 16.8 Å². The quantitative estimate of drug-likeness (QED) is 0.210. The molecule has 226 valence electrons. The van der Waals surface area contributed by atoms with Gasteiger partial charge in [-0.3, -0.25) is 14.6 Å². The van der Waals surface area contributed by atoms with Crippen molar-refractivity contribution >= 4 is 51.2 Å². The number of benzene rings is 2. The number of nitrogens with one attached hydrogen (secondary N) is 4.